The van der Waals surface area contributed by atoms with E-state index in [1.807, 2.05) is 6.07 Å². The largest absolute Gasteiger partial charge is 0.395 e. The Kier molecular flexibility index (Phi) is 7.05. The van der Waals surface area contributed by atoms with E-state index in [1.54, 1.807) is 0 Å². The van der Waals surface area contributed by atoms with Crippen molar-refractivity contribution in [1.29, 1.82) is 5.26 Å². The van der Waals surface area contributed by atoms with Crippen molar-refractivity contribution in [1.82, 2.24) is 5.32 Å². The van der Waals surface area contributed by atoms with E-state index in [0.717, 1.165) is 6.42 Å². The second-order valence-corrected chi connectivity index (χ2v) is 2.38. The SMILES string of the molecule is N#CCCC(N)CNCCO. The van der Waals surface area contributed by atoms with Crippen LogP contribution < -0.4 is 11.1 Å². The standard InChI is InChI=1S/C7H15N3O/c8-3-1-2-7(9)6-10-4-5-11/h7,10-11H,1-2,4-6,9H2. The molecule has 0 spiro atoms. The molecule has 0 saturated carbocycles. The molecule has 0 aromatic carbocycles. The van der Waals surface area contributed by atoms with Gasteiger partial charge in [0.25, 0.3) is 0 Å². The van der Waals surface area contributed by atoms with Gasteiger partial charge in [0, 0.05) is 25.6 Å². The predicted molar refractivity (Wildman–Crippen MR) is 42.8 cm³/mol. The third-order valence-corrected chi connectivity index (χ3v) is 1.32. The van der Waals surface area contributed by atoms with Crippen molar-refractivity contribution in [3.05, 3.63) is 0 Å². The molecule has 0 aliphatic rings. The van der Waals surface area contributed by atoms with E-state index < -0.39 is 0 Å². The fourth-order valence-corrected chi connectivity index (χ4v) is 0.719. The third kappa shape index (κ3) is 7.26. The van der Waals surface area contributed by atoms with Gasteiger partial charge in [-0.15, -0.1) is 0 Å². The summed E-state index contributed by atoms with van der Waals surface area (Å²) in [6.45, 7) is 1.37. The van der Waals surface area contributed by atoms with Crippen LogP contribution in [0.2, 0.25) is 0 Å². The molecule has 0 amide bonds. The van der Waals surface area contributed by atoms with Crippen LogP contribution in [0.1, 0.15) is 12.8 Å². The van der Waals surface area contributed by atoms with Gasteiger partial charge in [0.1, 0.15) is 0 Å². The second-order valence-electron chi connectivity index (χ2n) is 2.38. The smallest absolute Gasteiger partial charge is 0.0622 e. The van der Waals surface area contributed by atoms with Gasteiger partial charge in [0.15, 0.2) is 0 Å². The highest BCUT2D eigenvalue weighted by Crippen LogP contribution is 1.90. The van der Waals surface area contributed by atoms with Crippen molar-refractivity contribution in [2.45, 2.75) is 18.9 Å². The van der Waals surface area contributed by atoms with Gasteiger partial charge in [0.2, 0.25) is 0 Å². The van der Waals surface area contributed by atoms with E-state index in [4.69, 9.17) is 16.1 Å². The van der Waals surface area contributed by atoms with E-state index in [0.29, 0.717) is 19.5 Å². The minimum atomic E-state index is 0.0289. The maximum absolute atomic E-state index is 8.40. The van der Waals surface area contributed by atoms with Gasteiger partial charge in [-0.2, -0.15) is 5.26 Å². The van der Waals surface area contributed by atoms with Gasteiger partial charge in [-0.25, -0.2) is 0 Å². The number of nitrogens with zero attached hydrogens (tertiary/aromatic N) is 1. The number of hydrogen-bond donors (Lipinski definition) is 3. The zero-order valence-electron chi connectivity index (χ0n) is 6.58. The van der Waals surface area contributed by atoms with Crippen LogP contribution in [0.3, 0.4) is 0 Å². The van der Waals surface area contributed by atoms with Gasteiger partial charge in [-0.3, -0.25) is 0 Å². The Morgan fingerprint density at radius 1 is 1.64 bits per heavy atom. The molecule has 0 aliphatic carbocycles. The van der Waals surface area contributed by atoms with Gasteiger partial charge in [-0.05, 0) is 6.42 Å². The quantitative estimate of drug-likeness (QED) is 0.441. The van der Waals surface area contributed by atoms with Crippen molar-refractivity contribution in [3.63, 3.8) is 0 Å². The topological polar surface area (TPSA) is 82.1 Å². The number of hydrogen-bond acceptors (Lipinski definition) is 4. The molecule has 4 nitrogen and oxygen atoms in total. The molecule has 4 heteroatoms. The van der Waals surface area contributed by atoms with Crippen molar-refractivity contribution in [2.75, 3.05) is 19.7 Å². The molecule has 4 N–H and O–H groups in total. The molecule has 0 heterocycles. The van der Waals surface area contributed by atoms with Crippen molar-refractivity contribution in [3.8, 4) is 6.07 Å². The Bertz CT molecular complexity index is 121. The molecule has 0 aromatic rings. The second kappa shape index (κ2) is 7.48. The summed E-state index contributed by atoms with van der Waals surface area (Å²) in [7, 11) is 0. The first-order chi connectivity index (χ1) is 5.31. The highest BCUT2D eigenvalue weighted by molar-refractivity contribution is 4.74. The summed E-state index contributed by atoms with van der Waals surface area (Å²) in [6.07, 6.45) is 1.22. The highest BCUT2D eigenvalue weighted by atomic mass is 16.3. The van der Waals surface area contributed by atoms with Crippen molar-refractivity contribution < 1.29 is 5.11 Å². The number of aliphatic hydroxyl groups excluding tert-OH is 1. The van der Waals surface area contributed by atoms with Gasteiger partial charge in [0.05, 0.1) is 12.7 Å². The molecule has 11 heavy (non-hydrogen) atoms. The monoisotopic (exact) mass is 157 g/mol. The Morgan fingerprint density at radius 2 is 2.36 bits per heavy atom. The lowest BCUT2D eigenvalue weighted by molar-refractivity contribution is 0.290. The van der Waals surface area contributed by atoms with E-state index >= 15 is 0 Å². The Morgan fingerprint density at radius 3 is 2.91 bits per heavy atom. The summed E-state index contributed by atoms with van der Waals surface area (Å²) < 4.78 is 0. The summed E-state index contributed by atoms with van der Waals surface area (Å²) in [5, 5.41) is 19.6. The third-order valence-electron chi connectivity index (χ3n) is 1.32. The fourth-order valence-electron chi connectivity index (χ4n) is 0.719. The number of rotatable bonds is 6. The summed E-state index contributed by atoms with van der Waals surface area (Å²) in [5.74, 6) is 0. The molecule has 0 saturated heterocycles. The summed E-state index contributed by atoms with van der Waals surface area (Å²) >= 11 is 0. The maximum Gasteiger partial charge on any atom is 0.0622 e. The molecular weight excluding hydrogens is 142 g/mol. The van der Waals surface area contributed by atoms with E-state index in [9.17, 15) is 0 Å². The average Bonchev–Trinajstić information content (AvgIpc) is 2.01. The van der Waals surface area contributed by atoms with Crippen molar-refractivity contribution >= 4 is 0 Å². The molecule has 0 aliphatic heterocycles. The predicted octanol–water partition coefficient (Wildman–Crippen LogP) is -0.801. The zero-order chi connectivity index (χ0) is 8.53. The average molecular weight is 157 g/mol. The molecule has 1 atom stereocenters. The maximum atomic E-state index is 8.40. The lowest BCUT2D eigenvalue weighted by atomic mass is 10.2. The molecule has 64 valence electrons. The van der Waals surface area contributed by atoms with Crippen LogP contribution in [-0.2, 0) is 0 Å². The molecule has 0 radical (unpaired) electrons. The van der Waals surface area contributed by atoms with Crippen LogP contribution in [0, 0.1) is 11.3 Å². The van der Waals surface area contributed by atoms with Crippen LogP contribution in [0.15, 0.2) is 0 Å². The summed E-state index contributed by atoms with van der Waals surface area (Å²) in [5.41, 5.74) is 5.61. The Labute approximate surface area is 67.0 Å². The molecule has 0 bridgehead atoms. The van der Waals surface area contributed by atoms with Gasteiger partial charge in [-0.1, -0.05) is 0 Å². The normalized spacial score (nSPS) is 12.5. The molecule has 0 aromatic heterocycles. The van der Waals surface area contributed by atoms with Crippen LogP contribution in [0.25, 0.3) is 0 Å². The fraction of sp³-hybridized carbons (Fsp3) is 0.857. The molecule has 0 fully saturated rings. The minimum Gasteiger partial charge on any atom is -0.395 e. The molecular formula is C7H15N3O. The van der Waals surface area contributed by atoms with E-state index in [1.165, 1.54) is 0 Å². The number of nitrogens with two attached hydrogens (primary N) is 1. The molecule has 1 unspecified atom stereocenters. The number of aliphatic hydroxyl groups is 1. The van der Waals surface area contributed by atoms with E-state index in [2.05, 4.69) is 5.32 Å². The lowest BCUT2D eigenvalue weighted by Crippen LogP contribution is -2.34. The lowest BCUT2D eigenvalue weighted by Gasteiger charge is -2.09. The highest BCUT2D eigenvalue weighted by Gasteiger charge is 1.99. The van der Waals surface area contributed by atoms with Gasteiger partial charge < -0.3 is 16.2 Å². The zero-order valence-corrected chi connectivity index (χ0v) is 6.58. The van der Waals surface area contributed by atoms with Gasteiger partial charge >= 0.3 is 0 Å². The first kappa shape index (κ1) is 10.4. The number of nitrogens with one attached hydrogen (secondary N) is 1. The van der Waals surface area contributed by atoms with E-state index in [-0.39, 0.29) is 12.6 Å². The first-order valence-corrected chi connectivity index (χ1v) is 3.75. The van der Waals surface area contributed by atoms with Crippen LogP contribution in [0.4, 0.5) is 0 Å². The Balaban J connectivity index is 3.10. The summed E-state index contributed by atoms with van der Waals surface area (Å²) in [4.78, 5) is 0. The van der Waals surface area contributed by atoms with Crippen LogP contribution >= 0.6 is 0 Å². The Hall–Kier alpha value is -0.630. The summed E-state index contributed by atoms with van der Waals surface area (Å²) in [6, 6.07) is 2.06. The van der Waals surface area contributed by atoms with Crippen LogP contribution in [-0.4, -0.2) is 30.8 Å². The number of nitriles is 1. The van der Waals surface area contributed by atoms with Crippen molar-refractivity contribution in [2.24, 2.45) is 5.73 Å². The first-order valence-electron chi connectivity index (χ1n) is 3.75. The minimum absolute atomic E-state index is 0.0289. The van der Waals surface area contributed by atoms with Crippen LogP contribution in [0.5, 0.6) is 0 Å². The molecule has 0 rings (SSSR count).